The SMILES string of the molecule is COc1ccc(C)cc1S(=O)(=O)NCC(=O)N(C)Cc1ccccc1. The number of ether oxygens (including phenoxy) is 1. The van der Waals surface area contributed by atoms with Gasteiger partial charge in [-0.2, -0.15) is 0 Å². The number of carbonyl (C=O) groups excluding carboxylic acids is 1. The zero-order chi connectivity index (χ0) is 18.4. The van der Waals surface area contributed by atoms with Gasteiger partial charge in [0.1, 0.15) is 10.6 Å². The van der Waals surface area contributed by atoms with Crippen molar-refractivity contribution >= 4 is 15.9 Å². The van der Waals surface area contributed by atoms with Gasteiger partial charge in [-0.25, -0.2) is 13.1 Å². The number of rotatable bonds is 7. The molecule has 25 heavy (non-hydrogen) atoms. The molecule has 0 radical (unpaired) electrons. The molecule has 2 rings (SSSR count). The second-order valence-corrected chi connectivity index (χ2v) is 7.45. The first-order valence-electron chi connectivity index (χ1n) is 7.75. The lowest BCUT2D eigenvalue weighted by Crippen LogP contribution is -2.37. The van der Waals surface area contributed by atoms with Crippen LogP contribution in [0.25, 0.3) is 0 Å². The van der Waals surface area contributed by atoms with Gasteiger partial charge in [0.15, 0.2) is 0 Å². The van der Waals surface area contributed by atoms with Crippen LogP contribution in [0.4, 0.5) is 0 Å². The quantitative estimate of drug-likeness (QED) is 0.817. The van der Waals surface area contributed by atoms with Gasteiger partial charge in [0.25, 0.3) is 0 Å². The maximum absolute atomic E-state index is 12.5. The largest absolute Gasteiger partial charge is 0.495 e. The van der Waals surface area contributed by atoms with Crippen molar-refractivity contribution in [3.8, 4) is 5.75 Å². The van der Waals surface area contributed by atoms with E-state index >= 15 is 0 Å². The summed E-state index contributed by atoms with van der Waals surface area (Å²) in [4.78, 5) is 13.7. The van der Waals surface area contributed by atoms with Crippen molar-refractivity contribution in [3.05, 3.63) is 59.7 Å². The topological polar surface area (TPSA) is 75.7 Å². The van der Waals surface area contributed by atoms with E-state index in [-0.39, 0.29) is 23.1 Å². The van der Waals surface area contributed by atoms with Crippen LogP contribution in [0.1, 0.15) is 11.1 Å². The van der Waals surface area contributed by atoms with Gasteiger partial charge >= 0.3 is 0 Å². The Morgan fingerprint density at radius 3 is 2.48 bits per heavy atom. The highest BCUT2D eigenvalue weighted by molar-refractivity contribution is 7.89. The Balaban J connectivity index is 2.04. The molecule has 2 aromatic rings. The van der Waals surface area contributed by atoms with E-state index in [2.05, 4.69) is 4.72 Å². The molecule has 6 nitrogen and oxygen atoms in total. The molecule has 1 N–H and O–H groups in total. The molecule has 0 saturated carbocycles. The minimum atomic E-state index is -3.85. The van der Waals surface area contributed by atoms with E-state index in [1.165, 1.54) is 18.1 Å². The summed E-state index contributed by atoms with van der Waals surface area (Å²) in [5.74, 6) is -0.0813. The van der Waals surface area contributed by atoms with Crippen LogP contribution in [0.5, 0.6) is 5.75 Å². The van der Waals surface area contributed by atoms with Crippen LogP contribution in [0, 0.1) is 6.92 Å². The maximum Gasteiger partial charge on any atom is 0.244 e. The van der Waals surface area contributed by atoms with Crippen LogP contribution in [0.3, 0.4) is 0 Å². The van der Waals surface area contributed by atoms with E-state index in [0.717, 1.165) is 11.1 Å². The van der Waals surface area contributed by atoms with Gasteiger partial charge in [-0.15, -0.1) is 0 Å². The summed E-state index contributed by atoms with van der Waals surface area (Å²) in [5, 5.41) is 0. The van der Waals surface area contributed by atoms with Crippen molar-refractivity contribution in [2.45, 2.75) is 18.4 Å². The summed E-state index contributed by atoms with van der Waals surface area (Å²) < 4.78 is 32.4. The Hall–Kier alpha value is -2.38. The predicted octanol–water partition coefficient (Wildman–Crippen LogP) is 1.94. The number of likely N-dealkylation sites (N-methyl/N-ethyl adjacent to an activating group) is 1. The third kappa shape index (κ3) is 5.04. The van der Waals surface area contributed by atoms with Gasteiger partial charge in [0, 0.05) is 13.6 Å². The van der Waals surface area contributed by atoms with E-state index in [1.807, 2.05) is 30.3 Å². The summed E-state index contributed by atoms with van der Waals surface area (Å²) in [5.41, 5.74) is 1.76. The Kier molecular flexibility index (Phi) is 6.17. The number of hydrogen-bond donors (Lipinski definition) is 1. The standard InChI is InChI=1S/C18H22N2O4S/c1-14-9-10-16(24-3)17(11-14)25(22,23)19-12-18(21)20(2)13-15-7-5-4-6-8-15/h4-11,19H,12-13H2,1-3H3. The average Bonchev–Trinajstić information content (AvgIpc) is 2.60. The molecule has 0 aliphatic carbocycles. The fourth-order valence-corrected chi connectivity index (χ4v) is 3.54. The third-order valence-electron chi connectivity index (χ3n) is 3.71. The number of nitrogens with one attached hydrogen (secondary N) is 1. The fraction of sp³-hybridized carbons (Fsp3) is 0.278. The van der Waals surface area contributed by atoms with Gasteiger partial charge in [-0.05, 0) is 30.2 Å². The molecule has 134 valence electrons. The van der Waals surface area contributed by atoms with Gasteiger partial charge < -0.3 is 9.64 Å². The van der Waals surface area contributed by atoms with E-state index in [4.69, 9.17) is 4.74 Å². The second kappa shape index (κ2) is 8.13. The van der Waals surface area contributed by atoms with Crippen LogP contribution >= 0.6 is 0 Å². The number of aryl methyl sites for hydroxylation is 1. The summed E-state index contributed by atoms with van der Waals surface area (Å²) in [6.07, 6.45) is 0. The first kappa shape index (κ1) is 19.0. The van der Waals surface area contributed by atoms with Crippen molar-refractivity contribution in [2.75, 3.05) is 20.7 Å². The van der Waals surface area contributed by atoms with Crippen molar-refractivity contribution in [1.82, 2.24) is 9.62 Å². The van der Waals surface area contributed by atoms with Crippen LogP contribution < -0.4 is 9.46 Å². The van der Waals surface area contributed by atoms with Crippen LogP contribution in [-0.2, 0) is 21.4 Å². The summed E-state index contributed by atoms with van der Waals surface area (Å²) in [6, 6.07) is 14.4. The lowest BCUT2D eigenvalue weighted by Gasteiger charge is -2.18. The zero-order valence-electron chi connectivity index (χ0n) is 14.5. The molecule has 0 bridgehead atoms. The molecule has 0 saturated heterocycles. The summed E-state index contributed by atoms with van der Waals surface area (Å²) >= 11 is 0. The zero-order valence-corrected chi connectivity index (χ0v) is 15.3. The van der Waals surface area contributed by atoms with Crippen molar-refractivity contribution in [3.63, 3.8) is 0 Å². The Labute approximate surface area is 148 Å². The molecule has 0 spiro atoms. The number of amides is 1. The molecular weight excluding hydrogens is 340 g/mol. The first-order valence-corrected chi connectivity index (χ1v) is 9.24. The lowest BCUT2D eigenvalue weighted by atomic mass is 10.2. The molecular formula is C18H22N2O4S. The smallest absolute Gasteiger partial charge is 0.244 e. The minimum Gasteiger partial charge on any atom is -0.495 e. The highest BCUT2D eigenvalue weighted by Crippen LogP contribution is 2.24. The molecule has 7 heteroatoms. The molecule has 0 unspecified atom stereocenters. The molecule has 1 amide bonds. The molecule has 0 atom stereocenters. The van der Waals surface area contributed by atoms with Gasteiger partial charge in [0.05, 0.1) is 13.7 Å². The van der Waals surface area contributed by atoms with Crippen LogP contribution in [0.2, 0.25) is 0 Å². The number of carbonyl (C=O) groups is 1. The van der Waals surface area contributed by atoms with Gasteiger partial charge in [0.2, 0.25) is 15.9 Å². The fourth-order valence-electron chi connectivity index (χ4n) is 2.31. The third-order valence-corrected chi connectivity index (χ3v) is 5.13. The van der Waals surface area contributed by atoms with E-state index in [1.54, 1.807) is 26.1 Å². The van der Waals surface area contributed by atoms with E-state index in [9.17, 15) is 13.2 Å². The first-order chi connectivity index (χ1) is 11.8. The van der Waals surface area contributed by atoms with Crippen molar-refractivity contribution in [2.24, 2.45) is 0 Å². The van der Waals surface area contributed by atoms with Crippen LogP contribution in [-0.4, -0.2) is 39.9 Å². The lowest BCUT2D eigenvalue weighted by molar-refractivity contribution is -0.129. The number of sulfonamides is 1. The highest BCUT2D eigenvalue weighted by Gasteiger charge is 2.21. The number of methoxy groups -OCH3 is 1. The van der Waals surface area contributed by atoms with Crippen molar-refractivity contribution < 1.29 is 17.9 Å². The van der Waals surface area contributed by atoms with E-state index in [0.29, 0.717) is 6.54 Å². The van der Waals surface area contributed by atoms with Gasteiger partial charge in [-0.1, -0.05) is 36.4 Å². The number of hydrogen-bond acceptors (Lipinski definition) is 4. The Morgan fingerprint density at radius 1 is 1.16 bits per heavy atom. The summed E-state index contributed by atoms with van der Waals surface area (Å²) in [6.45, 7) is 1.88. The molecule has 0 aliphatic heterocycles. The van der Waals surface area contributed by atoms with E-state index < -0.39 is 10.0 Å². The summed E-state index contributed by atoms with van der Waals surface area (Å²) in [7, 11) is -0.808. The molecule has 0 aliphatic rings. The Bertz CT molecular complexity index is 835. The predicted molar refractivity (Wildman–Crippen MR) is 95.8 cm³/mol. The molecule has 0 fully saturated rings. The molecule has 0 aromatic heterocycles. The van der Waals surface area contributed by atoms with Gasteiger partial charge in [-0.3, -0.25) is 4.79 Å². The normalized spacial score (nSPS) is 11.2. The Morgan fingerprint density at radius 2 is 1.84 bits per heavy atom. The number of nitrogens with zero attached hydrogens (tertiary/aromatic N) is 1. The monoisotopic (exact) mass is 362 g/mol. The minimum absolute atomic E-state index is 0.0218. The highest BCUT2D eigenvalue weighted by atomic mass is 32.2. The van der Waals surface area contributed by atoms with Crippen molar-refractivity contribution in [1.29, 1.82) is 0 Å². The second-order valence-electron chi connectivity index (χ2n) is 5.71. The molecule has 0 heterocycles. The maximum atomic E-state index is 12.5. The molecule has 2 aromatic carbocycles. The average molecular weight is 362 g/mol. The number of benzene rings is 2. The van der Waals surface area contributed by atoms with Crippen LogP contribution in [0.15, 0.2) is 53.4 Å².